The number of aliphatic imine (C=N–C) groups is 1. The number of methoxy groups -OCH3 is 1. The van der Waals surface area contributed by atoms with Crippen LogP contribution >= 0.6 is 35.0 Å². The molecule has 0 spiro atoms. The largest absolute Gasteiger partial charge is 0.476 e. The molecule has 0 aromatic heterocycles. The molecule has 0 heterocycles. The van der Waals surface area contributed by atoms with Gasteiger partial charge in [-0.3, -0.25) is 0 Å². The van der Waals surface area contributed by atoms with Gasteiger partial charge in [0, 0.05) is 0 Å². The van der Waals surface area contributed by atoms with Crippen LogP contribution < -0.4 is 0 Å². The third-order valence-electron chi connectivity index (χ3n) is 1.47. The van der Waals surface area contributed by atoms with Crippen molar-refractivity contribution in [2.24, 2.45) is 4.99 Å². The Labute approximate surface area is 97.3 Å². The van der Waals surface area contributed by atoms with Gasteiger partial charge in [0.2, 0.25) is 5.23 Å². The van der Waals surface area contributed by atoms with Gasteiger partial charge in [0.25, 0.3) is 0 Å². The van der Waals surface area contributed by atoms with Crippen LogP contribution in [0.4, 0.5) is 5.69 Å². The summed E-state index contributed by atoms with van der Waals surface area (Å²) in [6.07, 6.45) is 1.89. The molecular formula is C9H9Cl2NOS. The fraction of sp³-hybridized carbons (Fsp3) is 0.222. The fourth-order valence-corrected chi connectivity index (χ4v) is 1.49. The summed E-state index contributed by atoms with van der Waals surface area (Å²) < 4.78 is 5.01. The lowest BCUT2D eigenvalue weighted by Gasteiger charge is -2.01. The van der Waals surface area contributed by atoms with Crippen molar-refractivity contribution in [2.45, 2.75) is 0 Å². The van der Waals surface area contributed by atoms with Gasteiger partial charge in [0.15, 0.2) is 0 Å². The average Bonchev–Trinajstić information content (AvgIpc) is 2.19. The van der Waals surface area contributed by atoms with E-state index in [0.29, 0.717) is 15.3 Å². The molecule has 2 nitrogen and oxygen atoms in total. The van der Waals surface area contributed by atoms with E-state index in [0.717, 1.165) is 5.69 Å². The van der Waals surface area contributed by atoms with Crippen LogP contribution in [-0.4, -0.2) is 18.6 Å². The quantitative estimate of drug-likeness (QED) is 0.555. The molecule has 0 unspecified atom stereocenters. The van der Waals surface area contributed by atoms with Crippen molar-refractivity contribution in [3.63, 3.8) is 0 Å². The summed E-state index contributed by atoms with van der Waals surface area (Å²) >= 11 is 13.0. The highest BCUT2D eigenvalue weighted by molar-refractivity contribution is 8.12. The van der Waals surface area contributed by atoms with Crippen molar-refractivity contribution in [3.05, 3.63) is 28.2 Å². The lowest BCUT2D eigenvalue weighted by atomic mass is 10.3. The molecule has 0 aliphatic carbocycles. The summed E-state index contributed by atoms with van der Waals surface area (Å²) in [6, 6.07) is 5.18. The maximum atomic E-state index is 5.83. The van der Waals surface area contributed by atoms with Gasteiger partial charge in [0.1, 0.15) is 0 Å². The number of ether oxygens (including phenoxy) is 1. The summed E-state index contributed by atoms with van der Waals surface area (Å²) in [4.78, 5) is 4.21. The van der Waals surface area contributed by atoms with Crippen LogP contribution in [0.2, 0.25) is 10.0 Å². The van der Waals surface area contributed by atoms with E-state index in [1.54, 1.807) is 25.3 Å². The van der Waals surface area contributed by atoms with Crippen LogP contribution in [0, 0.1) is 0 Å². The summed E-state index contributed by atoms with van der Waals surface area (Å²) in [6.45, 7) is 0. The molecule has 14 heavy (non-hydrogen) atoms. The first-order valence-electron chi connectivity index (χ1n) is 3.79. The number of halogens is 2. The monoisotopic (exact) mass is 249 g/mol. The minimum Gasteiger partial charge on any atom is -0.476 e. The zero-order chi connectivity index (χ0) is 10.6. The van der Waals surface area contributed by atoms with E-state index in [9.17, 15) is 0 Å². The molecule has 0 saturated carbocycles. The third-order valence-corrected chi connectivity index (χ3v) is 2.82. The Morgan fingerprint density at radius 3 is 2.57 bits per heavy atom. The van der Waals surface area contributed by atoms with Crippen molar-refractivity contribution < 1.29 is 4.74 Å². The number of rotatable bonds is 1. The second kappa shape index (κ2) is 5.49. The molecule has 0 saturated heterocycles. The Morgan fingerprint density at radius 2 is 2.07 bits per heavy atom. The summed E-state index contributed by atoms with van der Waals surface area (Å²) in [5, 5.41) is 1.60. The Bertz CT molecular complexity index is 349. The van der Waals surface area contributed by atoms with E-state index >= 15 is 0 Å². The van der Waals surface area contributed by atoms with Crippen LogP contribution in [0.15, 0.2) is 23.2 Å². The normalized spacial score (nSPS) is 11.6. The predicted octanol–water partition coefficient (Wildman–Crippen LogP) is 3.99. The molecule has 0 radical (unpaired) electrons. The van der Waals surface area contributed by atoms with Crippen molar-refractivity contribution in [1.82, 2.24) is 0 Å². The molecule has 1 aromatic carbocycles. The van der Waals surface area contributed by atoms with Crippen LogP contribution in [0.1, 0.15) is 0 Å². The number of nitrogens with zero attached hydrogens (tertiary/aromatic N) is 1. The SMILES string of the molecule is COC(=Nc1ccc(Cl)c(Cl)c1)SC. The van der Waals surface area contributed by atoms with Crippen LogP contribution in [0.5, 0.6) is 0 Å². The Hall–Kier alpha value is -0.380. The number of hydrogen-bond donors (Lipinski definition) is 0. The fourth-order valence-electron chi connectivity index (χ4n) is 0.835. The van der Waals surface area contributed by atoms with E-state index in [2.05, 4.69) is 4.99 Å². The van der Waals surface area contributed by atoms with Crippen LogP contribution in [0.25, 0.3) is 0 Å². The van der Waals surface area contributed by atoms with Gasteiger partial charge in [-0.2, -0.15) is 0 Å². The summed E-state index contributed by atoms with van der Waals surface area (Å²) in [5.74, 6) is 0. The average molecular weight is 250 g/mol. The molecule has 0 N–H and O–H groups in total. The van der Waals surface area contributed by atoms with Gasteiger partial charge in [0.05, 0.1) is 22.8 Å². The van der Waals surface area contributed by atoms with E-state index in [1.165, 1.54) is 11.8 Å². The zero-order valence-electron chi connectivity index (χ0n) is 7.75. The van der Waals surface area contributed by atoms with E-state index < -0.39 is 0 Å². The molecule has 76 valence electrons. The van der Waals surface area contributed by atoms with Crippen molar-refractivity contribution in [2.75, 3.05) is 13.4 Å². The molecule has 0 atom stereocenters. The molecule has 1 rings (SSSR count). The molecule has 0 amide bonds. The highest BCUT2D eigenvalue weighted by Gasteiger charge is 2.00. The van der Waals surface area contributed by atoms with Gasteiger partial charge in [-0.25, -0.2) is 4.99 Å². The Kier molecular flexibility index (Phi) is 4.58. The molecular weight excluding hydrogens is 241 g/mol. The Morgan fingerprint density at radius 1 is 1.36 bits per heavy atom. The van der Waals surface area contributed by atoms with Gasteiger partial charge in [-0.15, -0.1) is 0 Å². The lowest BCUT2D eigenvalue weighted by molar-refractivity contribution is 0.416. The molecule has 0 bridgehead atoms. The third kappa shape index (κ3) is 3.08. The first-order valence-corrected chi connectivity index (χ1v) is 5.77. The summed E-state index contributed by atoms with van der Waals surface area (Å²) in [7, 11) is 1.58. The number of benzene rings is 1. The minimum atomic E-state index is 0.490. The lowest BCUT2D eigenvalue weighted by Crippen LogP contribution is -1.92. The summed E-state index contributed by atoms with van der Waals surface area (Å²) in [5.41, 5.74) is 0.727. The standard InChI is InChI=1S/C9H9Cl2NOS/c1-13-9(14-2)12-6-3-4-7(10)8(11)5-6/h3-5H,1-2H3. The first kappa shape index (κ1) is 11.7. The predicted molar refractivity (Wildman–Crippen MR) is 64.1 cm³/mol. The maximum Gasteiger partial charge on any atom is 0.250 e. The van der Waals surface area contributed by atoms with Crippen molar-refractivity contribution in [3.8, 4) is 0 Å². The number of thioether (sulfide) groups is 1. The van der Waals surface area contributed by atoms with Crippen LogP contribution in [0.3, 0.4) is 0 Å². The molecule has 0 aliphatic heterocycles. The highest BCUT2D eigenvalue weighted by Crippen LogP contribution is 2.27. The highest BCUT2D eigenvalue weighted by atomic mass is 35.5. The van der Waals surface area contributed by atoms with Gasteiger partial charge in [-0.1, -0.05) is 35.0 Å². The smallest absolute Gasteiger partial charge is 0.250 e. The molecule has 0 aliphatic rings. The zero-order valence-corrected chi connectivity index (χ0v) is 10.1. The van der Waals surface area contributed by atoms with Crippen molar-refractivity contribution >= 4 is 45.9 Å². The molecule has 5 heteroatoms. The van der Waals surface area contributed by atoms with E-state index in [1.807, 2.05) is 6.26 Å². The maximum absolute atomic E-state index is 5.83. The van der Waals surface area contributed by atoms with Crippen molar-refractivity contribution in [1.29, 1.82) is 0 Å². The van der Waals surface area contributed by atoms with Gasteiger partial charge < -0.3 is 4.74 Å². The first-order chi connectivity index (χ1) is 6.67. The van der Waals surface area contributed by atoms with Gasteiger partial charge in [-0.05, 0) is 24.5 Å². The molecule has 0 fully saturated rings. The second-order valence-corrected chi connectivity index (χ2v) is 3.96. The van der Waals surface area contributed by atoms with E-state index in [-0.39, 0.29) is 0 Å². The van der Waals surface area contributed by atoms with Gasteiger partial charge >= 0.3 is 0 Å². The Balaban J connectivity index is 2.97. The van der Waals surface area contributed by atoms with E-state index in [4.69, 9.17) is 27.9 Å². The minimum absolute atomic E-state index is 0.490. The second-order valence-electron chi connectivity index (χ2n) is 2.38. The topological polar surface area (TPSA) is 21.6 Å². The van der Waals surface area contributed by atoms with Crippen LogP contribution in [-0.2, 0) is 4.74 Å². The molecule has 1 aromatic rings. The number of hydrogen-bond acceptors (Lipinski definition) is 3.